The third kappa shape index (κ3) is 7.38. The van der Waals surface area contributed by atoms with Gasteiger partial charge in [-0.15, -0.1) is 6.58 Å². The largest absolute Gasteiger partial charge is 0.493 e. The molecule has 0 bridgehead atoms. The zero-order valence-electron chi connectivity index (χ0n) is 25.2. The molecule has 2 aromatic rings. The monoisotopic (exact) mass is 596 g/mol. The van der Waals surface area contributed by atoms with Crippen molar-refractivity contribution in [3.8, 4) is 34.5 Å². The van der Waals surface area contributed by atoms with Gasteiger partial charge in [-0.2, -0.15) is 0 Å². The van der Waals surface area contributed by atoms with E-state index in [4.69, 9.17) is 28.4 Å². The van der Waals surface area contributed by atoms with Crippen molar-refractivity contribution < 1.29 is 59.1 Å². The average Bonchev–Trinajstić information content (AvgIpc) is 2.97. The number of aliphatic hydroxyl groups is 6. The number of methoxy groups -OCH3 is 6. The minimum atomic E-state index is -2.63. The van der Waals surface area contributed by atoms with Gasteiger partial charge < -0.3 is 59.1 Å². The maximum atomic E-state index is 12.0. The van der Waals surface area contributed by atoms with Crippen molar-refractivity contribution >= 4 is 0 Å². The summed E-state index contributed by atoms with van der Waals surface area (Å²) in [5, 5.41) is 67.0. The summed E-state index contributed by atoms with van der Waals surface area (Å²) >= 11 is 0. The van der Waals surface area contributed by atoms with Gasteiger partial charge in [-0.1, -0.05) is 5.57 Å². The fourth-order valence-corrected chi connectivity index (χ4v) is 5.20. The molecule has 42 heavy (non-hydrogen) atoms. The maximum Gasteiger partial charge on any atom is 0.203 e. The van der Waals surface area contributed by atoms with Gasteiger partial charge in [0, 0.05) is 12.8 Å². The summed E-state index contributed by atoms with van der Waals surface area (Å²) in [4.78, 5) is 0. The quantitative estimate of drug-likeness (QED) is 0.143. The fraction of sp³-hybridized carbons (Fsp3) is 0.533. The highest BCUT2D eigenvalue weighted by molar-refractivity contribution is 5.55. The van der Waals surface area contributed by atoms with Gasteiger partial charge in [0.2, 0.25) is 11.5 Å². The molecule has 5 atom stereocenters. The van der Waals surface area contributed by atoms with Crippen molar-refractivity contribution in [2.24, 2.45) is 0 Å². The predicted molar refractivity (Wildman–Crippen MR) is 154 cm³/mol. The Hall–Kier alpha value is -3.26. The Morgan fingerprint density at radius 3 is 1.40 bits per heavy atom. The molecule has 236 valence electrons. The molecule has 0 aromatic heterocycles. The molecule has 2 aromatic carbocycles. The van der Waals surface area contributed by atoms with Crippen LogP contribution in [0.2, 0.25) is 0 Å². The SMILES string of the molecule is C=C(C)CC(O)(Cc1cc(OC)c(OC)c(OC)c1)[C@@H](O)[C@@](O)(Cc1cc(OC)c(OC)c(OC)c1)[C@H](O)[C@@H](O)CO. The van der Waals surface area contributed by atoms with Gasteiger partial charge in [0.15, 0.2) is 23.0 Å². The molecule has 12 nitrogen and oxygen atoms in total. The second-order valence-corrected chi connectivity index (χ2v) is 10.2. The first-order valence-electron chi connectivity index (χ1n) is 13.1. The predicted octanol–water partition coefficient (Wildman–Crippen LogP) is 1.03. The van der Waals surface area contributed by atoms with E-state index < -0.39 is 42.5 Å². The maximum absolute atomic E-state index is 12.0. The first-order valence-corrected chi connectivity index (χ1v) is 13.1. The highest BCUT2D eigenvalue weighted by atomic mass is 16.5. The molecule has 0 saturated carbocycles. The Morgan fingerprint density at radius 2 is 1.10 bits per heavy atom. The molecule has 0 aliphatic heterocycles. The number of hydrogen-bond acceptors (Lipinski definition) is 12. The molecular formula is C30H44O12. The second-order valence-electron chi connectivity index (χ2n) is 10.2. The van der Waals surface area contributed by atoms with Crippen molar-refractivity contribution in [1.29, 1.82) is 0 Å². The molecule has 12 heteroatoms. The number of ether oxygens (including phenoxy) is 6. The Morgan fingerprint density at radius 1 is 0.714 bits per heavy atom. The summed E-state index contributed by atoms with van der Waals surface area (Å²) in [5.74, 6) is 1.63. The van der Waals surface area contributed by atoms with E-state index in [1.807, 2.05) is 0 Å². The molecular weight excluding hydrogens is 552 g/mol. The van der Waals surface area contributed by atoms with E-state index in [1.54, 1.807) is 19.1 Å². The van der Waals surface area contributed by atoms with Crippen molar-refractivity contribution in [1.82, 2.24) is 0 Å². The first kappa shape index (κ1) is 34.9. The topological polar surface area (TPSA) is 177 Å². The molecule has 0 spiro atoms. The van der Waals surface area contributed by atoms with Crippen molar-refractivity contribution in [2.75, 3.05) is 49.3 Å². The van der Waals surface area contributed by atoms with Gasteiger partial charge >= 0.3 is 0 Å². The fourth-order valence-electron chi connectivity index (χ4n) is 5.20. The van der Waals surface area contributed by atoms with Crippen LogP contribution in [-0.2, 0) is 12.8 Å². The molecule has 0 saturated heterocycles. The van der Waals surface area contributed by atoms with E-state index in [-0.39, 0.29) is 30.1 Å². The van der Waals surface area contributed by atoms with Crippen LogP contribution in [0.3, 0.4) is 0 Å². The lowest BCUT2D eigenvalue weighted by Crippen LogP contribution is -2.66. The van der Waals surface area contributed by atoms with Crippen LogP contribution in [0, 0.1) is 0 Å². The van der Waals surface area contributed by atoms with Crippen molar-refractivity contribution in [3.05, 3.63) is 47.5 Å². The van der Waals surface area contributed by atoms with Crippen LogP contribution in [0.25, 0.3) is 0 Å². The van der Waals surface area contributed by atoms with E-state index in [9.17, 15) is 30.6 Å². The Balaban J connectivity index is 2.73. The molecule has 0 aliphatic carbocycles. The summed E-state index contributed by atoms with van der Waals surface area (Å²) in [7, 11) is 8.52. The zero-order valence-corrected chi connectivity index (χ0v) is 25.2. The Labute approximate surface area is 246 Å². The highest BCUT2D eigenvalue weighted by Crippen LogP contribution is 2.43. The molecule has 6 N–H and O–H groups in total. The summed E-state index contributed by atoms with van der Waals surface area (Å²) < 4.78 is 32.3. The van der Waals surface area contributed by atoms with Crippen LogP contribution in [0.5, 0.6) is 34.5 Å². The van der Waals surface area contributed by atoms with Gasteiger partial charge in [0.1, 0.15) is 29.5 Å². The molecule has 0 radical (unpaired) electrons. The number of rotatable bonds is 17. The Bertz CT molecular complexity index is 1150. The standard InChI is InChI=1S/C30H44O12/c1-17(2)13-29(35,14-18-9-21(37-3)25(41-7)22(10-18)38-4)28(34)30(36,27(33)20(32)16-31)15-19-11-23(39-5)26(42-8)24(12-19)40-6/h9-12,20,27-28,31-36H,1,13-16H2,2-8H3/t20-,27+,28+,29?,30+/m0/s1. The average molecular weight is 597 g/mol. The van der Waals surface area contributed by atoms with E-state index in [0.717, 1.165) is 0 Å². The van der Waals surface area contributed by atoms with Crippen molar-refractivity contribution in [3.63, 3.8) is 0 Å². The molecule has 1 unspecified atom stereocenters. The van der Waals surface area contributed by atoms with Gasteiger partial charge in [0.25, 0.3) is 0 Å². The minimum absolute atomic E-state index is 0.218. The molecule has 2 rings (SSSR count). The lowest BCUT2D eigenvalue weighted by atomic mass is 9.71. The number of aliphatic hydroxyl groups excluding tert-OH is 4. The van der Waals surface area contributed by atoms with Gasteiger partial charge in [-0.3, -0.25) is 0 Å². The van der Waals surface area contributed by atoms with Crippen LogP contribution in [0.4, 0.5) is 0 Å². The molecule has 0 fully saturated rings. The second kappa shape index (κ2) is 14.8. The smallest absolute Gasteiger partial charge is 0.203 e. The van der Waals surface area contributed by atoms with E-state index in [1.165, 1.54) is 54.8 Å². The van der Waals surface area contributed by atoms with Crippen LogP contribution < -0.4 is 28.4 Å². The normalized spacial score (nSPS) is 16.3. The van der Waals surface area contributed by atoms with Crippen LogP contribution in [0.1, 0.15) is 24.5 Å². The van der Waals surface area contributed by atoms with Gasteiger partial charge in [0.05, 0.1) is 49.3 Å². The lowest BCUT2D eigenvalue weighted by Gasteiger charge is -2.46. The van der Waals surface area contributed by atoms with E-state index in [0.29, 0.717) is 33.9 Å². The summed E-state index contributed by atoms with van der Waals surface area (Å²) in [6, 6.07) is 6.14. The van der Waals surface area contributed by atoms with E-state index >= 15 is 0 Å². The minimum Gasteiger partial charge on any atom is -0.493 e. The molecule has 0 heterocycles. The van der Waals surface area contributed by atoms with Crippen LogP contribution in [0.15, 0.2) is 36.4 Å². The summed E-state index contributed by atoms with van der Waals surface area (Å²) in [5.41, 5.74) is -3.61. The van der Waals surface area contributed by atoms with Gasteiger partial charge in [-0.05, 0) is 48.7 Å². The summed E-state index contributed by atoms with van der Waals surface area (Å²) in [6.45, 7) is 4.56. The summed E-state index contributed by atoms with van der Waals surface area (Å²) in [6.07, 6.45) is -7.12. The first-order chi connectivity index (χ1) is 19.8. The van der Waals surface area contributed by atoms with Gasteiger partial charge in [-0.25, -0.2) is 0 Å². The van der Waals surface area contributed by atoms with Crippen LogP contribution in [-0.4, -0.2) is 109 Å². The van der Waals surface area contributed by atoms with Crippen molar-refractivity contribution in [2.45, 2.75) is 55.7 Å². The third-order valence-electron chi connectivity index (χ3n) is 7.10. The Kier molecular flexibility index (Phi) is 12.3. The molecule has 0 amide bonds. The highest BCUT2D eigenvalue weighted by Gasteiger charge is 2.54. The molecule has 0 aliphatic rings. The zero-order chi connectivity index (χ0) is 31.8. The van der Waals surface area contributed by atoms with Crippen LogP contribution >= 0.6 is 0 Å². The third-order valence-corrected chi connectivity index (χ3v) is 7.10. The van der Waals surface area contributed by atoms with E-state index in [2.05, 4.69) is 6.58 Å². The number of benzene rings is 2. The lowest BCUT2D eigenvalue weighted by molar-refractivity contribution is -0.228. The number of hydrogen-bond donors (Lipinski definition) is 6.